The predicted molar refractivity (Wildman–Crippen MR) is 186 cm³/mol. The van der Waals surface area contributed by atoms with Gasteiger partial charge in [0.15, 0.2) is 0 Å². The summed E-state index contributed by atoms with van der Waals surface area (Å²) in [5.41, 5.74) is 4.79. The second-order valence-corrected chi connectivity index (χ2v) is 13.4. The van der Waals surface area contributed by atoms with E-state index in [1.54, 1.807) is 0 Å². The Labute approximate surface area is 255 Å². The highest BCUT2D eigenvalue weighted by Crippen LogP contribution is 2.47. The minimum atomic E-state index is -0.131. The summed E-state index contributed by atoms with van der Waals surface area (Å²) < 4.78 is 6.23. The maximum absolute atomic E-state index is 5.58. The summed E-state index contributed by atoms with van der Waals surface area (Å²) in [6, 6.07) is 46.2. The van der Waals surface area contributed by atoms with Crippen LogP contribution in [0.3, 0.4) is 0 Å². The second kappa shape index (κ2) is 8.77. The number of anilines is 1. The van der Waals surface area contributed by atoms with Crippen molar-refractivity contribution < 1.29 is 0 Å². The highest BCUT2D eigenvalue weighted by Gasteiger charge is 2.30. The molecule has 1 unspecified atom stereocenters. The Morgan fingerprint density at radius 2 is 1.21 bits per heavy atom. The first kappa shape index (κ1) is 23.6. The van der Waals surface area contributed by atoms with E-state index in [1.807, 2.05) is 22.7 Å². The van der Waals surface area contributed by atoms with Gasteiger partial charge in [0.05, 0.1) is 11.0 Å². The smallest absolute Gasteiger partial charge is 0.209 e. The maximum atomic E-state index is 5.58. The Morgan fingerprint density at radius 3 is 2.07 bits per heavy atom. The molecule has 5 heteroatoms. The van der Waals surface area contributed by atoms with Crippen LogP contribution in [0, 0.1) is 0 Å². The van der Waals surface area contributed by atoms with Gasteiger partial charge in [0.25, 0.3) is 0 Å². The highest BCUT2D eigenvalue weighted by molar-refractivity contribution is 7.25. The van der Waals surface area contributed by atoms with Crippen molar-refractivity contribution in [2.45, 2.75) is 6.04 Å². The molecule has 1 N–H and O–H groups in total. The SMILES string of the molecule is c1ccc2cc3c(cc2c1)c1ccccc1n3C1=NC(c2ccc3c(c2)sc2ccccc23)c2c(sc3ccccc23)N1. The van der Waals surface area contributed by atoms with Gasteiger partial charge in [-0.25, -0.2) is 4.99 Å². The third-order valence-electron chi connectivity index (χ3n) is 8.85. The van der Waals surface area contributed by atoms with Crippen molar-refractivity contribution in [2.24, 2.45) is 4.99 Å². The fourth-order valence-electron chi connectivity index (χ4n) is 6.90. The Morgan fingerprint density at radius 1 is 0.535 bits per heavy atom. The standard InChI is InChI=1S/C38H23N3S2/c1-2-10-23-20-31-29(19-22(23)9-1)25-11-3-6-14-30(25)41(31)38-39-36(35-28-13-5-8-16-33(28)43-37(35)40-38)24-17-18-27-26-12-4-7-15-32(26)42-34(27)21-24/h1-21,36H,(H,39,40). The first-order chi connectivity index (χ1) is 21.3. The summed E-state index contributed by atoms with van der Waals surface area (Å²) in [6.45, 7) is 0. The van der Waals surface area contributed by atoms with Crippen molar-refractivity contribution in [3.8, 4) is 0 Å². The number of para-hydroxylation sites is 1. The van der Waals surface area contributed by atoms with E-state index in [1.165, 1.54) is 67.9 Å². The molecule has 202 valence electrons. The van der Waals surface area contributed by atoms with Crippen LogP contribution in [0.2, 0.25) is 0 Å². The van der Waals surface area contributed by atoms with Gasteiger partial charge in [-0.2, -0.15) is 0 Å². The van der Waals surface area contributed by atoms with E-state index in [-0.39, 0.29) is 6.04 Å². The van der Waals surface area contributed by atoms with Crippen molar-refractivity contribution in [3.05, 3.63) is 139 Å². The van der Waals surface area contributed by atoms with E-state index >= 15 is 0 Å². The maximum Gasteiger partial charge on any atom is 0.209 e. The molecule has 43 heavy (non-hydrogen) atoms. The van der Waals surface area contributed by atoms with Crippen LogP contribution in [-0.2, 0) is 0 Å². The fourth-order valence-corrected chi connectivity index (χ4v) is 9.18. The molecule has 0 saturated heterocycles. The molecular weight excluding hydrogens is 563 g/mol. The van der Waals surface area contributed by atoms with Gasteiger partial charge in [-0.1, -0.05) is 91.0 Å². The van der Waals surface area contributed by atoms with E-state index in [9.17, 15) is 0 Å². The number of thiophene rings is 2. The van der Waals surface area contributed by atoms with Crippen LogP contribution in [0.25, 0.3) is 62.8 Å². The topological polar surface area (TPSA) is 29.3 Å². The number of hydrogen-bond acceptors (Lipinski definition) is 4. The van der Waals surface area contributed by atoms with E-state index in [0.29, 0.717) is 0 Å². The van der Waals surface area contributed by atoms with Crippen LogP contribution < -0.4 is 5.32 Å². The summed E-state index contributed by atoms with van der Waals surface area (Å²) in [5, 5.41) is 13.8. The van der Waals surface area contributed by atoms with Gasteiger partial charge in [0.2, 0.25) is 5.96 Å². The van der Waals surface area contributed by atoms with Crippen molar-refractivity contribution in [1.29, 1.82) is 0 Å². The molecule has 1 atom stereocenters. The average Bonchev–Trinajstić information content (AvgIpc) is 3.72. The minimum Gasteiger partial charge on any atom is -0.317 e. The quantitative estimate of drug-likeness (QED) is 0.204. The number of benzene rings is 6. The molecule has 3 aromatic heterocycles. The lowest BCUT2D eigenvalue weighted by Crippen LogP contribution is -2.26. The third-order valence-corrected chi connectivity index (χ3v) is 11.1. The number of rotatable bonds is 1. The van der Waals surface area contributed by atoms with Crippen molar-refractivity contribution in [1.82, 2.24) is 4.57 Å². The lowest BCUT2D eigenvalue weighted by Gasteiger charge is -2.25. The zero-order valence-electron chi connectivity index (χ0n) is 22.9. The summed E-state index contributed by atoms with van der Waals surface area (Å²) in [7, 11) is 0. The first-order valence-corrected chi connectivity index (χ1v) is 16.1. The molecule has 0 bridgehead atoms. The van der Waals surface area contributed by atoms with Gasteiger partial charge in [0.1, 0.15) is 11.0 Å². The van der Waals surface area contributed by atoms with Crippen LogP contribution in [-0.4, -0.2) is 10.5 Å². The van der Waals surface area contributed by atoms with E-state index in [2.05, 4.69) is 137 Å². The van der Waals surface area contributed by atoms with E-state index in [0.717, 1.165) is 17.0 Å². The molecule has 0 radical (unpaired) electrons. The van der Waals surface area contributed by atoms with E-state index < -0.39 is 0 Å². The number of aromatic nitrogens is 1. The monoisotopic (exact) mass is 585 g/mol. The molecule has 0 aliphatic carbocycles. The molecule has 1 aliphatic heterocycles. The van der Waals surface area contributed by atoms with Gasteiger partial charge < -0.3 is 5.32 Å². The second-order valence-electron chi connectivity index (χ2n) is 11.2. The molecule has 6 aromatic carbocycles. The largest absolute Gasteiger partial charge is 0.317 e. The number of aliphatic imine (C=N–C) groups is 1. The Balaban J connectivity index is 1.26. The van der Waals surface area contributed by atoms with Crippen molar-refractivity contribution in [3.63, 3.8) is 0 Å². The van der Waals surface area contributed by atoms with Crippen LogP contribution in [0.5, 0.6) is 0 Å². The van der Waals surface area contributed by atoms with Crippen LogP contribution in [0.4, 0.5) is 5.00 Å². The molecule has 0 fully saturated rings. The lowest BCUT2D eigenvalue weighted by molar-refractivity contribution is 0.866. The zero-order valence-corrected chi connectivity index (χ0v) is 24.5. The lowest BCUT2D eigenvalue weighted by atomic mass is 9.96. The van der Waals surface area contributed by atoms with Gasteiger partial charge in [-0.05, 0) is 52.7 Å². The molecule has 4 heterocycles. The molecule has 10 rings (SSSR count). The zero-order chi connectivity index (χ0) is 28.1. The summed E-state index contributed by atoms with van der Waals surface area (Å²) in [6.07, 6.45) is 0. The Kier molecular flexibility index (Phi) is 4.81. The number of nitrogens with one attached hydrogen (secondary N) is 1. The first-order valence-electron chi connectivity index (χ1n) is 14.5. The summed E-state index contributed by atoms with van der Waals surface area (Å²) in [5.74, 6) is 0.863. The number of hydrogen-bond donors (Lipinski definition) is 1. The summed E-state index contributed by atoms with van der Waals surface area (Å²) >= 11 is 3.68. The molecule has 3 nitrogen and oxygen atoms in total. The van der Waals surface area contributed by atoms with Crippen LogP contribution in [0.1, 0.15) is 17.2 Å². The Bertz CT molecular complexity index is 2620. The molecule has 0 saturated carbocycles. The van der Waals surface area contributed by atoms with Gasteiger partial charge in [-0.3, -0.25) is 4.57 Å². The normalized spacial score (nSPS) is 15.1. The predicted octanol–water partition coefficient (Wildman–Crippen LogP) is 10.9. The van der Waals surface area contributed by atoms with Crippen molar-refractivity contribution in [2.75, 3.05) is 5.32 Å². The molecule has 9 aromatic rings. The highest BCUT2D eigenvalue weighted by atomic mass is 32.1. The molecule has 0 spiro atoms. The van der Waals surface area contributed by atoms with Gasteiger partial charge in [0, 0.05) is 46.6 Å². The molecule has 1 aliphatic rings. The molecule has 0 amide bonds. The number of nitrogens with zero attached hydrogens (tertiary/aromatic N) is 2. The van der Waals surface area contributed by atoms with Crippen LogP contribution >= 0.6 is 22.7 Å². The third kappa shape index (κ3) is 3.38. The van der Waals surface area contributed by atoms with Crippen LogP contribution in [0.15, 0.2) is 132 Å². The summed E-state index contributed by atoms with van der Waals surface area (Å²) in [4.78, 5) is 5.58. The van der Waals surface area contributed by atoms with Gasteiger partial charge >= 0.3 is 0 Å². The van der Waals surface area contributed by atoms with E-state index in [4.69, 9.17) is 4.99 Å². The minimum absolute atomic E-state index is 0.131. The molecular formula is C38H23N3S2. The van der Waals surface area contributed by atoms with Gasteiger partial charge in [-0.15, -0.1) is 22.7 Å². The Hall–Kier alpha value is -4.97. The number of fused-ring (bicyclic) bond motifs is 10. The fraction of sp³-hybridized carbons (Fsp3) is 0.0263. The average molecular weight is 586 g/mol. The van der Waals surface area contributed by atoms with Crippen molar-refractivity contribution >= 4 is 96.5 Å².